The zero-order chi connectivity index (χ0) is 8.85. The predicted molar refractivity (Wildman–Crippen MR) is 37.6 cm³/mol. The van der Waals surface area contributed by atoms with Crippen molar-refractivity contribution in [3.05, 3.63) is 0 Å². The smallest absolute Gasteiger partial charge is 0.308 e. The van der Waals surface area contributed by atoms with Gasteiger partial charge in [-0.25, -0.2) is 0 Å². The zero-order valence-corrected chi connectivity index (χ0v) is 6.92. The molecule has 0 fully saturated rings. The highest BCUT2D eigenvalue weighted by Crippen LogP contribution is 1.96. The molecule has 0 aromatic heterocycles. The Balaban J connectivity index is 3.60. The molecule has 0 rings (SSSR count). The minimum absolute atomic E-state index is 0.283. The lowest BCUT2D eigenvalue weighted by Crippen LogP contribution is -2.19. The number of rotatable bonds is 3. The van der Waals surface area contributed by atoms with Crippen molar-refractivity contribution in [3.8, 4) is 0 Å². The molecule has 0 N–H and O–H groups in total. The van der Waals surface area contributed by atoms with E-state index < -0.39 is 12.3 Å². The average molecular weight is 160 g/mol. The van der Waals surface area contributed by atoms with Crippen LogP contribution in [0, 0.1) is 0 Å². The van der Waals surface area contributed by atoms with Gasteiger partial charge in [0.2, 0.25) is 6.29 Å². The van der Waals surface area contributed by atoms with Crippen molar-refractivity contribution in [1.29, 1.82) is 0 Å². The van der Waals surface area contributed by atoms with Gasteiger partial charge < -0.3 is 9.47 Å². The lowest BCUT2D eigenvalue weighted by atomic mass is 10.5. The number of ether oxygens (including phenoxy) is 2. The number of esters is 2. The quantitative estimate of drug-likeness (QED) is 0.453. The maximum atomic E-state index is 10.6. The summed E-state index contributed by atoms with van der Waals surface area (Å²) < 4.78 is 9.17. The van der Waals surface area contributed by atoms with Crippen LogP contribution in [0.2, 0.25) is 0 Å². The van der Waals surface area contributed by atoms with Gasteiger partial charge in [-0.1, -0.05) is 6.92 Å². The molecule has 0 saturated carbocycles. The van der Waals surface area contributed by atoms with Gasteiger partial charge in [0.15, 0.2) is 0 Å². The maximum absolute atomic E-state index is 10.6. The molecule has 0 aromatic rings. The molecule has 0 aliphatic rings. The SMILES string of the molecule is CCC(=O)O[C@@H](C)OC(C)=O. The summed E-state index contributed by atoms with van der Waals surface area (Å²) in [5, 5.41) is 0. The van der Waals surface area contributed by atoms with Crippen LogP contribution in [-0.4, -0.2) is 18.2 Å². The minimum Gasteiger partial charge on any atom is -0.426 e. The number of carbonyl (C=O) groups is 2. The van der Waals surface area contributed by atoms with Gasteiger partial charge in [0.1, 0.15) is 0 Å². The average Bonchev–Trinajstić information content (AvgIpc) is 1.85. The highest BCUT2D eigenvalue weighted by Gasteiger charge is 2.08. The Bertz CT molecular complexity index is 153. The van der Waals surface area contributed by atoms with Crippen LogP contribution >= 0.6 is 0 Å². The molecule has 0 aliphatic carbocycles. The van der Waals surface area contributed by atoms with Crippen molar-refractivity contribution in [2.24, 2.45) is 0 Å². The van der Waals surface area contributed by atoms with Crippen molar-refractivity contribution >= 4 is 11.9 Å². The molecule has 0 unspecified atom stereocenters. The van der Waals surface area contributed by atoms with Gasteiger partial charge in [0.05, 0.1) is 0 Å². The summed E-state index contributed by atoms with van der Waals surface area (Å²) in [6.45, 7) is 4.42. The molecule has 0 aliphatic heterocycles. The molecular weight excluding hydrogens is 148 g/mol. The van der Waals surface area contributed by atoms with Crippen LogP contribution in [0.5, 0.6) is 0 Å². The van der Waals surface area contributed by atoms with E-state index in [0.29, 0.717) is 0 Å². The second-order valence-corrected chi connectivity index (χ2v) is 2.02. The van der Waals surface area contributed by atoms with Gasteiger partial charge in [0.25, 0.3) is 0 Å². The van der Waals surface area contributed by atoms with E-state index in [1.165, 1.54) is 13.8 Å². The Morgan fingerprint density at radius 2 is 1.91 bits per heavy atom. The molecular formula is C7H12O4. The van der Waals surface area contributed by atoms with Crippen LogP contribution in [0.4, 0.5) is 0 Å². The number of hydrogen-bond acceptors (Lipinski definition) is 4. The van der Waals surface area contributed by atoms with Crippen molar-refractivity contribution in [2.75, 3.05) is 0 Å². The van der Waals surface area contributed by atoms with E-state index in [-0.39, 0.29) is 12.4 Å². The van der Waals surface area contributed by atoms with E-state index in [4.69, 9.17) is 0 Å². The maximum Gasteiger partial charge on any atom is 0.308 e. The van der Waals surface area contributed by atoms with E-state index in [1.807, 2.05) is 0 Å². The summed E-state index contributed by atoms with van der Waals surface area (Å²) in [5.41, 5.74) is 0. The Morgan fingerprint density at radius 1 is 1.36 bits per heavy atom. The van der Waals surface area contributed by atoms with E-state index in [0.717, 1.165) is 0 Å². The second kappa shape index (κ2) is 4.71. The summed E-state index contributed by atoms with van der Waals surface area (Å²) in [4.78, 5) is 20.9. The zero-order valence-electron chi connectivity index (χ0n) is 6.92. The van der Waals surface area contributed by atoms with Crippen molar-refractivity contribution in [3.63, 3.8) is 0 Å². The minimum atomic E-state index is -0.778. The lowest BCUT2D eigenvalue weighted by molar-refractivity contribution is -0.182. The van der Waals surface area contributed by atoms with Gasteiger partial charge in [-0.15, -0.1) is 0 Å². The largest absolute Gasteiger partial charge is 0.426 e. The summed E-state index contributed by atoms with van der Waals surface area (Å²) in [6.07, 6.45) is -0.494. The normalized spacial score (nSPS) is 11.9. The fraction of sp³-hybridized carbons (Fsp3) is 0.714. The molecule has 4 nitrogen and oxygen atoms in total. The summed E-state index contributed by atoms with van der Waals surface area (Å²) in [5.74, 6) is -0.833. The molecule has 64 valence electrons. The highest BCUT2D eigenvalue weighted by molar-refractivity contribution is 5.69. The second-order valence-electron chi connectivity index (χ2n) is 2.02. The standard InChI is InChI=1S/C7H12O4/c1-4-7(9)11-6(3)10-5(2)8/h6H,4H2,1-3H3/t6-/m0/s1. The third-order valence-corrected chi connectivity index (χ3v) is 0.918. The molecule has 4 heteroatoms. The van der Waals surface area contributed by atoms with Gasteiger partial charge in [-0.05, 0) is 0 Å². The van der Waals surface area contributed by atoms with Crippen molar-refractivity contribution in [1.82, 2.24) is 0 Å². The van der Waals surface area contributed by atoms with Crippen molar-refractivity contribution in [2.45, 2.75) is 33.5 Å². The lowest BCUT2D eigenvalue weighted by Gasteiger charge is -2.11. The van der Waals surface area contributed by atoms with Crippen molar-refractivity contribution < 1.29 is 19.1 Å². The van der Waals surface area contributed by atoms with Gasteiger partial charge in [-0.2, -0.15) is 0 Å². The summed E-state index contributed by atoms with van der Waals surface area (Å²) in [7, 11) is 0. The molecule has 1 atom stereocenters. The molecule has 0 spiro atoms. The van der Waals surface area contributed by atoms with E-state index in [2.05, 4.69) is 9.47 Å². The molecule has 11 heavy (non-hydrogen) atoms. The first-order valence-corrected chi connectivity index (χ1v) is 3.43. The van der Waals surface area contributed by atoms with E-state index in [9.17, 15) is 9.59 Å². The van der Waals surface area contributed by atoms with E-state index in [1.54, 1.807) is 6.92 Å². The van der Waals surface area contributed by atoms with Crippen LogP contribution in [0.3, 0.4) is 0 Å². The topological polar surface area (TPSA) is 52.6 Å². The molecule has 0 heterocycles. The van der Waals surface area contributed by atoms with Crippen LogP contribution in [-0.2, 0) is 19.1 Å². The van der Waals surface area contributed by atoms with Crippen LogP contribution in [0.15, 0.2) is 0 Å². The highest BCUT2D eigenvalue weighted by atomic mass is 16.7. The molecule has 0 amide bonds. The first-order chi connectivity index (χ1) is 5.06. The number of hydrogen-bond donors (Lipinski definition) is 0. The Morgan fingerprint density at radius 3 is 2.27 bits per heavy atom. The predicted octanol–water partition coefficient (Wildman–Crippen LogP) is 0.849. The Hall–Kier alpha value is -1.06. The van der Waals surface area contributed by atoms with Crippen LogP contribution in [0.1, 0.15) is 27.2 Å². The fourth-order valence-electron chi connectivity index (χ4n) is 0.526. The first kappa shape index (κ1) is 9.94. The molecule has 0 aromatic carbocycles. The van der Waals surface area contributed by atoms with E-state index >= 15 is 0 Å². The first-order valence-electron chi connectivity index (χ1n) is 3.43. The molecule has 0 saturated heterocycles. The summed E-state index contributed by atoms with van der Waals surface area (Å²) >= 11 is 0. The molecule has 0 radical (unpaired) electrons. The fourth-order valence-corrected chi connectivity index (χ4v) is 0.526. The summed E-state index contributed by atoms with van der Waals surface area (Å²) in [6, 6.07) is 0. The van der Waals surface area contributed by atoms with Crippen LogP contribution in [0.25, 0.3) is 0 Å². The third kappa shape index (κ3) is 5.39. The third-order valence-electron chi connectivity index (χ3n) is 0.918. The van der Waals surface area contributed by atoms with Gasteiger partial charge in [-0.3, -0.25) is 9.59 Å². The molecule has 0 bridgehead atoms. The van der Waals surface area contributed by atoms with Gasteiger partial charge >= 0.3 is 11.9 Å². The van der Waals surface area contributed by atoms with Gasteiger partial charge in [0, 0.05) is 20.3 Å². The Kier molecular flexibility index (Phi) is 4.26. The van der Waals surface area contributed by atoms with Crippen LogP contribution < -0.4 is 0 Å². The monoisotopic (exact) mass is 160 g/mol. The Labute approximate surface area is 65.5 Å². The number of carbonyl (C=O) groups excluding carboxylic acids is 2.